The van der Waals surface area contributed by atoms with Crippen LogP contribution in [0, 0.1) is 6.92 Å². The number of nitrogens with zero attached hydrogens (tertiary/aromatic N) is 5. The first-order valence-corrected chi connectivity index (χ1v) is 10.0. The number of hydrogen-bond acceptors (Lipinski definition) is 6. The van der Waals surface area contributed by atoms with E-state index in [0.29, 0.717) is 0 Å². The number of aryl methyl sites for hydroxylation is 3. The highest BCUT2D eigenvalue weighted by Crippen LogP contribution is 2.39. The summed E-state index contributed by atoms with van der Waals surface area (Å²) in [4.78, 5) is 16.0. The molecule has 0 atom stereocenters. The average Bonchev–Trinajstić information content (AvgIpc) is 3.38. The molecule has 136 valence electrons. The lowest BCUT2D eigenvalue weighted by atomic mass is 10.1. The minimum absolute atomic E-state index is 0.737. The second-order valence-corrected chi connectivity index (χ2v) is 8.00. The van der Waals surface area contributed by atoms with Crippen molar-refractivity contribution in [3.05, 3.63) is 64.3 Å². The van der Waals surface area contributed by atoms with Crippen molar-refractivity contribution in [2.45, 2.75) is 39.3 Å². The molecule has 1 aliphatic carbocycles. The molecule has 1 N–H and O–H groups in total. The molecule has 1 aromatic carbocycles. The van der Waals surface area contributed by atoms with Gasteiger partial charge in [0.25, 0.3) is 0 Å². The monoisotopic (exact) mass is 376 g/mol. The van der Waals surface area contributed by atoms with E-state index in [1.54, 1.807) is 12.7 Å². The number of benzene rings is 1. The Morgan fingerprint density at radius 3 is 2.78 bits per heavy atom. The molecular weight excluding hydrogens is 356 g/mol. The number of fused-ring (bicyclic) bond motifs is 3. The van der Waals surface area contributed by atoms with Crippen LogP contribution in [0.3, 0.4) is 0 Å². The maximum absolute atomic E-state index is 4.70. The largest absolute Gasteiger partial charge is 0.365 e. The second-order valence-electron chi connectivity index (χ2n) is 6.92. The molecule has 6 nitrogen and oxygen atoms in total. The zero-order valence-electron chi connectivity index (χ0n) is 15.1. The summed E-state index contributed by atoms with van der Waals surface area (Å²) < 4.78 is 1.82. The molecule has 0 saturated carbocycles. The van der Waals surface area contributed by atoms with Crippen molar-refractivity contribution >= 4 is 27.4 Å². The molecule has 0 amide bonds. The van der Waals surface area contributed by atoms with Crippen molar-refractivity contribution in [2.24, 2.45) is 0 Å². The predicted molar refractivity (Wildman–Crippen MR) is 107 cm³/mol. The summed E-state index contributed by atoms with van der Waals surface area (Å²) in [6.45, 7) is 3.45. The fourth-order valence-electron chi connectivity index (χ4n) is 3.68. The molecule has 0 unspecified atom stereocenters. The minimum atomic E-state index is 0.737. The Bertz CT molecular complexity index is 1080. The highest BCUT2D eigenvalue weighted by Gasteiger charge is 2.21. The van der Waals surface area contributed by atoms with Gasteiger partial charge in [0.15, 0.2) is 0 Å². The summed E-state index contributed by atoms with van der Waals surface area (Å²) in [6, 6.07) is 8.59. The fraction of sp³-hybridized carbons (Fsp3) is 0.300. The van der Waals surface area contributed by atoms with Crippen LogP contribution in [-0.4, -0.2) is 24.7 Å². The van der Waals surface area contributed by atoms with E-state index in [9.17, 15) is 0 Å². The lowest BCUT2D eigenvalue weighted by molar-refractivity contribution is 0.684. The van der Waals surface area contributed by atoms with Crippen LogP contribution in [0.4, 0.5) is 5.82 Å². The van der Waals surface area contributed by atoms with Gasteiger partial charge < -0.3 is 5.32 Å². The number of thiophene rings is 1. The third-order valence-corrected chi connectivity index (χ3v) is 6.16. The van der Waals surface area contributed by atoms with Gasteiger partial charge in [0.2, 0.25) is 0 Å². The number of rotatable bonds is 5. The highest BCUT2D eigenvalue weighted by atomic mass is 32.1. The van der Waals surface area contributed by atoms with Gasteiger partial charge >= 0.3 is 0 Å². The second kappa shape index (κ2) is 6.74. The maximum Gasteiger partial charge on any atom is 0.139 e. The quantitative estimate of drug-likeness (QED) is 0.575. The first-order chi connectivity index (χ1) is 13.3. The van der Waals surface area contributed by atoms with Crippen molar-refractivity contribution in [3.63, 3.8) is 0 Å². The molecule has 3 aromatic heterocycles. The molecule has 0 fully saturated rings. The Hall–Kier alpha value is -2.80. The van der Waals surface area contributed by atoms with Gasteiger partial charge in [0.1, 0.15) is 29.1 Å². The van der Waals surface area contributed by atoms with Crippen LogP contribution in [0.2, 0.25) is 0 Å². The third-order valence-electron chi connectivity index (χ3n) is 4.97. The zero-order chi connectivity index (χ0) is 18.2. The normalized spacial score (nSPS) is 13.2. The average molecular weight is 376 g/mol. The number of nitrogens with one attached hydrogen (secondary N) is 1. The lowest BCUT2D eigenvalue weighted by Gasteiger charge is -2.10. The van der Waals surface area contributed by atoms with E-state index in [0.717, 1.165) is 36.0 Å². The van der Waals surface area contributed by atoms with Gasteiger partial charge in [-0.1, -0.05) is 24.3 Å². The topological polar surface area (TPSA) is 68.5 Å². The number of hydrogen-bond donors (Lipinski definition) is 1. The van der Waals surface area contributed by atoms with E-state index >= 15 is 0 Å². The maximum atomic E-state index is 4.70. The summed E-state index contributed by atoms with van der Waals surface area (Å²) in [5.41, 5.74) is 3.90. The van der Waals surface area contributed by atoms with Crippen LogP contribution in [-0.2, 0) is 25.9 Å². The number of aromatic nitrogens is 5. The van der Waals surface area contributed by atoms with Gasteiger partial charge in [0.05, 0.1) is 11.9 Å². The molecule has 3 heterocycles. The molecule has 0 spiro atoms. The SMILES string of the molecule is Cc1nc(NCc2ccc(Cn3cncn3)cc2)c2c3c(sc2n1)CCC3. The Kier molecular flexibility index (Phi) is 4.09. The van der Waals surface area contributed by atoms with Crippen LogP contribution in [0.25, 0.3) is 10.2 Å². The van der Waals surface area contributed by atoms with E-state index in [2.05, 4.69) is 44.6 Å². The zero-order valence-corrected chi connectivity index (χ0v) is 16.0. The molecular formula is C20H20N6S. The van der Waals surface area contributed by atoms with Gasteiger partial charge in [-0.05, 0) is 42.9 Å². The molecule has 1 aliphatic rings. The molecule has 0 bridgehead atoms. The summed E-state index contributed by atoms with van der Waals surface area (Å²) in [6.07, 6.45) is 6.87. The van der Waals surface area contributed by atoms with Crippen molar-refractivity contribution in [1.29, 1.82) is 0 Å². The molecule has 27 heavy (non-hydrogen) atoms. The van der Waals surface area contributed by atoms with Crippen LogP contribution in [0.5, 0.6) is 0 Å². The Labute approximate surface area is 161 Å². The standard InChI is InChI=1S/C20H20N6S/c1-13-24-19(18-16-3-2-4-17(16)27-20(18)25-13)22-9-14-5-7-15(8-6-14)10-26-12-21-11-23-26/h5-8,11-12H,2-4,9-10H2,1H3,(H,22,24,25). The van der Waals surface area contributed by atoms with Crippen LogP contribution in [0.15, 0.2) is 36.9 Å². The third kappa shape index (κ3) is 3.19. The van der Waals surface area contributed by atoms with Crippen molar-refractivity contribution < 1.29 is 0 Å². The highest BCUT2D eigenvalue weighted by molar-refractivity contribution is 7.19. The van der Waals surface area contributed by atoms with E-state index in [-0.39, 0.29) is 0 Å². The van der Waals surface area contributed by atoms with Gasteiger partial charge in [-0.25, -0.2) is 19.6 Å². The first-order valence-electron chi connectivity index (χ1n) is 9.19. The van der Waals surface area contributed by atoms with Gasteiger partial charge in [-0.2, -0.15) is 5.10 Å². The summed E-state index contributed by atoms with van der Waals surface area (Å²) in [5, 5.41) is 8.94. The first kappa shape index (κ1) is 16.4. The summed E-state index contributed by atoms with van der Waals surface area (Å²) >= 11 is 1.84. The fourth-order valence-corrected chi connectivity index (χ4v) is 4.99. The van der Waals surface area contributed by atoms with E-state index in [4.69, 9.17) is 4.98 Å². The van der Waals surface area contributed by atoms with Gasteiger partial charge in [-0.3, -0.25) is 0 Å². The summed E-state index contributed by atoms with van der Waals surface area (Å²) in [5.74, 6) is 1.80. The molecule has 5 rings (SSSR count). The lowest BCUT2D eigenvalue weighted by Crippen LogP contribution is -2.05. The van der Waals surface area contributed by atoms with Crippen LogP contribution in [0.1, 0.15) is 33.8 Å². The minimum Gasteiger partial charge on any atom is -0.365 e. The molecule has 0 aliphatic heterocycles. The van der Waals surface area contributed by atoms with Gasteiger partial charge in [-0.15, -0.1) is 11.3 Å². The Morgan fingerprint density at radius 2 is 1.96 bits per heavy atom. The Morgan fingerprint density at radius 1 is 1.11 bits per heavy atom. The van der Waals surface area contributed by atoms with Crippen molar-refractivity contribution in [3.8, 4) is 0 Å². The van der Waals surface area contributed by atoms with E-state index in [1.807, 2.05) is 22.9 Å². The van der Waals surface area contributed by atoms with E-state index in [1.165, 1.54) is 39.8 Å². The van der Waals surface area contributed by atoms with Crippen molar-refractivity contribution in [1.82, 2.24) is 24.7 Å². The van der Waals surface area contributed by atoms with E-state index < -0.39 is 0 Å². The Balaban J connectivity index is 1.35. The van der Waals surface area contributed by atoms with Crippen LogP contribution >= 0.6 is 11.3 Å². The van der Waals surface area contributed by atoms with Crippen LogP contribution < -0.4 is 5.32 Å². The number of anilines is 1. The summed E-state index contributed by atoms with van der Waals surface area (Å²) in [7, 11) is 0. The predicted octanol–water partition coefficient (Wildman–Crippen LogP) is 3.74. The molecule has 7 heteroatoms. The van der Waals surface area contributed by atoms with Gasteiger partial charge in [0, 0.05) is 11.4 Å². The molecule has 0 saturated heterocycles. The smallest absolute Gasteiger partial charge is 0.139 e. The molecule has 4 aromatic rings. The molecule has 0 radical (unpaired) electrons. The van der Waals surface area contributed by atoms with Crippen molar-refractivity contribution in [2.75, 3.05) is 5.32 Å².